The summed E-state index contributed by atoms with van der Waals surface area (Å²) in [5.74, 6) is 0.279. The van der Waals surface area contributed by atoms with Gasteiger partial charge in [-0.05, 0) is 26.2 Å². The molecular weight excluding hydrogens is 164 g/mol. The largest absolute Gasteiger partial charge is 0.336 e. The number of hydrogen-bond donors (Lipinski definition) is 1. The molecule has 0 radical (unpaired) electrons. The summed E-state index contributed by atoms with van der Waals surface area (Å²) >= 11 is 0. The van der Waals surface area contributed by atoms with Crippen LogP contribution >= 0.6 is 0 Å². The van der Waals surface area contributed by atoms with Gasteiger partial charge >= 0.3 is 0 Å². The van der Waals surface area contributed by atoms with Gasteiger partial charge in [0.05, 0.1) is 5.54 Å². The Morgan fingerprint density at radius 3 is 2.69 bits per heavy atom. The first-order valence-electron chi connectivity index (χ1n) is 5.14. The van der Waals surface area contributed by atoms with Gasteiger partial charge in [-0.25, -0.2) is 0 Å². The Morgan fingerprint density at radius 2 is 2.23 bits per heavy atom. The third kappa shape index (κ3) is 2.02. The lowest BCUT2D eigenvalue weighted by molar-refractivity contribution is -0.139. The second-order valence-electron chi connectivity index (χ2n) is 4.06. The van der Waals surface area contributed by atoms with Crippen LogP contribution in [0.5, 0.6) is 0 Å². The third-order valence-electron chi connectivity index (χ3n) is 3.18. The lowest BCUT2D eigenvalue weighted by Crippen LogP contribution is -2.55. The first-order chi connectivity index (χ1) is 6.14. The van der Waals surface area contributed by atoms with Gasteiger partial charge < -0.3 is 10.6 Å². The van der Waals surface area contributed by atoms with Crippen molar-refractivity contribution in [3.05, 3.63) is 0 Å². The summed E-state index contributed by atoms with van der Waals surface area (Å²) in [4.78, 5) is 13.6. The Balaban J connectivity index is 2.71. The van der Waals surface area contributed by atoms with Crippen molar-refractivity contribution in [2.75, 3.05) is 13.1 Å². The summed E-state index contributed by atoms with van der Waals surface area (Å²) in [6.07, 6.45) is 3.81. The van der Waals surface area contributed by atoms with Gasteiger partial charge in [-0.15, -0.1) is 0 Å². The average molecular weight is 184 g/mol. The van der Waals surface area contributed by atoms with E-state index >= 15 is 0 Å². The van der Waals surface area contributed by atoms with E-state index in [-0.39, 0.29) is 11.4 Å². The predicted molar refractivity (Wildman–Crippen MR) is 53.3 cm³/mol. The summed E-state index contributed by atoms with van der Waals surface area (Å²) < 4.78 is 0. The summed E-state index contributed by atoms with van der Waals surface area (Å²) in [5.41, 5.74) is 5.60. The van der Waals surface area contributed by atoms with Crippen molar-refractivity contribution in [3.63, 3.8) is 0 Å². The van der Waals surface area contributed by atoms with Gasteiger partial charge in [0.2, 0.25) is 5.91 Å². The van der Waals surface area contributed by atoms with Crippen LogP contribution < -0.4 is 5.73 Å². The quantitative estimate of drug-likeness (QED) is 0.714. The van der Waals surface area contributed by atoms with E-state index in [2.05, 4.69) is 13.8 Å². The molecule has 3 nitrogen and oxygen atoms in total. The number of carbonyl (C=O) groups is 1. The third-order valence-corrected chi connectivity index (χ3v) is 3.18. The molecule has 2 N–H and O–H groups in total. The van der Waals surface area contributed by atoms with Crippen LogP contribution in [0.15, 0.2) is 0 Å². The minimum absolute atomic E-state index is 0.114. The number of piperidine rings is 1. The van der Waals surface area contributed by atoms with Crippen molar-refractivity contribution in [3.8, 4) is 0 Å². The molecule has 0 aliphatic carbocycles. The van der Waals surface area contributed by atoms with E-state index < -0.39 is 0 Å². The molecule has 0 bridgehead atoms. The van der Waals surface area contributed by atoms with Crippen LogP contribution in [0.25, 0.3) is 0 Å². The molecule has 0 aromatic heterocycles. The highest BCUT2D eigenvalue weighted by molar-refractivity contribution is 5.77. The lowest BCUT2D eigenvalue weighted by atomic mass is 9.93. The lowest BCUT2D eigenvalue weighted by Gasteiger charge is -2.42. The zero-order chi connectivity index (χ0) is 9.90. The minimum atomic E-state index is -0.114. The molecule has 1 saturated heterocycles. The van der Waals surface area contributed by atoms with Gasteiger partial charge in [-0.3, -0.25) is 4.79 Å². The van der Waals surface area contributed by atoms with E-state index in [1.807, 2.05) is 4.90 Å². The maximum absolute atomic E-state index is 11.6. The highest BCUT2D eigenvalue weighted by Gasteiger charge is 2.33. The molecule has 0 saturated carbocycles. The molecule has 1 aliphatic heterocycles. The van der Waals surface area contributed by atoms with Crippen LogP contribution in [-0.4, -0.2) is 29.4 Å². The first kappa shape index (κ1) is 10.5. The standard InChI is InChI=1S/C10H20N2O/c1-3-10(2,8-11)12-7-5-4-6-9(12)13/h3-8,11H2,1-2H3. The Bertz CT molecular complexity index is 187. The Morgan fingerprint density at radius 1 is 1.54 bits per heavy atom. The van der Waals surface area contributed by atoms with E-state index in [0.717, 1.165) is 25.8 Å². The fourth-order valence-electron chi connectivity index (χ4n) is 1.82. The smallest absolute Gasteiger partial charge is 0.223 e. The molecule has 0 aromatic carbocycles. The van der Waals surface area contributed by atoms with Gasteiger partial charge in [0, 0.05) is 19.5 Å². The van der Waals surface area contributed by atoms with Crippen molar-refractivity contribution in [1.29, 1.82) is 0 Å². The van der Waals surface area contributed by atoms with E-state index in [1.165, 1.54) is 0 Å². The monoisotopic (exact) mass is 184 g/mol. The molecule has 76 valence electrons. The molecular formula is C10H20N2O. The van der Waals surface area contributed by atoms with Crippen molar-refractivity contribution in [2.45, 2.75) is 45.1 Å². The average Bonchev–Trinajstić information content (AvgIpc) is 2.17. The van der Waals surface area contributed by atoms with Crippen LogP contribution in [-0.2, 0) is 4.79 Å². The Hall–Kier alpha value is -0.570. The predicted octanol–water partition coefficient (Wildman–Crippen LogP) is 1.13. The number of nitrogens with zero attached hydrogens (tertiary/aromatic N) is 1. The molecule has 0 aromatic rings. The summed E-state index contributed by atoms with van der Waals surface area (Å²) in [5, 5.41) is 0. The van der Waals surface area contributed by atoms with Crippen molar-refractivity contribution >= 4 is 5.91 Å². The summed E-state index contributed by atoms with van der Waals surface area (Å²) in [6, 6.07) is 0. The van der Waals surface area contributed by atoms with Gasteiger partial charge in [0.1, 0.15) is 0 Å². The molecule has 0 spiro atoms. The van der Waals surface area contributed by atoms with E-state index in [9.17, 15) is 4.79 Å². The number of rotatable bonds is 3. The highest BCUT2D eigenvalue weighted by Crippen LogP contribution is 2.23. The zero-order valence-corrected chi connectivity index (χ0v) is 8.68. The number of carbonyl (C=O) groups excluding carboxylic acids is 1. The molecule has 1 fully saturated rings. The van der Waals surface area contributed by atoms with Crippen LogP contribution in [0, 0.1) is 0 Å². The molecule has 1 heterocycles. The molecule has 3 heteroatoms. The maximum atomic E-state index is 11.6. The van der Waals surface area contributed by atoms with Gasteiger partial charge in [0.25, 0.3) is 0 Å². The van der Waals surface area contributed by atoms with Crippen LogP contribution in [0.2, 0.25) is 0 Å². The molecule has 1 aliphatic rings. The number of likely N-dealkylation sites (tertiary alicyclic amines) is 1. The molecule has 1 atom stereocenters. The molecule has 1 amide bonds. The SMILES string of the molecule is CCC(C)(CN)N1CCCCC1=O. The summed E-state index contributed by atoms with van der Waals surface area (Å²) in [7, 11) is 0. The Kier molecular flexibility index (Phi) is 3.31. The molecule has 1 rings (SSSR count). The second-order valence-corrected chi connectivity index (χ2v) is 4.06. The zero-order valence-electron chi connectivity index (χ0n) is 8.68. The number of nitrogens with two attached hydrogens (primary N) is 1. The van der Waals surface area contributed by atoms with Crippen LogP contribution in [0.1, 0.15) is 39.5 Å². The van der Waals surface area contributed by atoms with Crippen LogP contribution in [0.4, 0.5) is 0 Å². The van der Waals surface area contributed by atoms with Gasteiger partial charge in [0.15, 0.2) is 0 Å². The van der Waals surface area contributed by atoms with E-state index in [0.29, 0.717) is 13.0 Å². The maximum Gasteiger partial charge on any atom is 0.223 e. The summed E-state index contributed by atoms with van der Waals surface area (Å²) in [6.45, 7) is 5.63. The normalized spacial score (nSPS) is 23.0. The first-order valence-corrected chi connectivity index (χ1v) is 5.14. The van der Waals surface area contributed by atoms with Crippen molar-refractivity contribution in [1.82, 2.24) is 4.90 Å². The van der Waals surface area contributed by atoms with Gasteiger partial charge in [-0.2, -0.15) is 0 Å². The van der Waals surface area contributed by atoms with Crippen molar-refractivity contribution < 1.29 is 4.79 Å². The number of amides is 1. The molecule has 13 heavy (non-hydrogen) atoms. The number of hydrogen-bond acceptors (Lipinski definition) is 2. The minimum Gasteiger partial charge on any atom is -0.336 e. The molecule has 1 unspecified atom stereocenters. The van der Waals surface area contributed by atoms with E-state index in [4.69, 9.17) is 5.73 Å². The van der Waals surface area contributed by atoms with Gasteiger partial charge in [-0.1, -0.05) is 6.92 Å². The highest BCUT2D eigenvalue weighted by atomic mass is 16.2. The van der Waals surface area contributed by atoms with Crippen molar-refractivity contribution in [2.24, 2.45) is 5.73 Å². The fourth-order valence-corrected chi connectivity index (χ4v) is 1.82. The topological polar surface area (TPSA) is 46.3 Å². The second kappa shape index (κ2) is 4.09. The fraction of sp³-hybridized carbons (Fsp3) is 0.900. The van der Waals surface area contributed by atoms with Crippen LogP contribution in [0.3, 0.4) is 0 Å². The Labute approximate surface area is 80.3 Å². The van der Waals surface area contributed by atoms with E-state index in [1.54, 1.807) is 0 Å².